The number of carbonyl (C=O) groups is 2. The van der Waals surface area contributed by atoms with E-state index in [1.54, 1.807) is 18.2 Å². The van der Waals surface area contributed by atoms with Crippen molar-refractivity contribution in [2.24, 2.45) is 5.84 Å². The van der Waals surface area contributed by atoms with Crippen molar-refractivity contribution in [1.82, 2.24) is 15.3 Å². The number of aromatic nitrogens is 2. The number of halogens is 1. The number of carbonyl (C=O) groups excluding carboxylic acids is 2. The minimum atomic E-state index is -0.310. The molecule has 2 aromatic carbocycles. The van der Waals surface area contributed by atoms with E-state index in [0.717, 1.165) is 10.6 Å². The lowest BCUT2D eigenvalue weighted by atomic mass is 10.1. The number of hydrogen-bond donors (Lipinski definition) is 3. The Kier molecular flexibility index (Phi) is 9.39. The summed E-state index contributed by atoms with van der Waals surface area (Å²) in [5, 5.41) is 6.93. The van der Waals surface area contributed by atoms with E-state index in [-0.39, 0.29) is 42.7 Å². The molecule has 9 nitrogen and oxygen atoms in total. The fourth-order valence-corrected chi connectivity index (χ4v) is 3.52. The van der Waals surface area contributed by atoms with Crippen LogP contribution in [0.3, 0.4) is 0 Å². The molecule has 186 valence electrons. The van der Waals surface area contributed by atoms with Gasteiger partial charge in [0, 0.05) is 23.7 Å². The number of ether oxygens (including phenoxy) is 1. The number of hydrazine groups is 1. The van der Waals surface area contributed by atoms with Crippen LogP contribution in [0.1, 0.15) is 36.2 Å². The predicted molar refractivity (Wildman–Crippen MR) is 143 cm³/mol. The summed E-state index contributed by atoms with van der Waals surface area (Å²) in [5.41, 5.74) is 2.14. The molecule has 0 fully saturated rings. The van der Waals surface area contributed by atoms with E-state index in [0.29, 0.717) is 27.8 Å². The Morgan fingerprint density at radius 2 is 1.97 bits per heavy atom. The molecule has 0 radical (unpaired) electrons. The molecule has 3 aromatic rings. The normalized spacial score (nSPS) is 10.4. The molecule has 0 aliphatic rings. The number of nitrogens with zero attached hydrogens (tertiary/aromatic N) is 3. The molecular formula is C26H27BrN6O3. The van der Waals surface area contributed by atoms with Crippen LogP contribution in [-0.4, -0.2) is 34.4 Å². The van der Waals surface area contributed by atoms with Crippen molar-refractivity contribution < 1.29 is 14.3 Å². The Balaban J connectivity index is 1.87. The molecule has 0 atom stereocenters. The number of nitrogens with two attached hydrogens (primary N) is 1. The smallest absolute Gasteiger partial charge is 0.251 e. The second-order valence-corrected chi connectivity index (χ2v) is 8.96. The maximum Gasteiger partial charge on any atom is 0.251 e. The zero-order valence-electron chi connectivity index (χ0n) is 20.0. The lowest BCUT2D eigenvalue weighted by molar-refractivity contribution is -0.118. The molecule has 1 aromatic heterocycles. The van der Waals surface area contributed by atoms with Gasteiger partial charge in [0.2, 0.25) is 17.7 Å². The third kappa shape index (κ3) is 7.53. The van der Waals surface area contributed by atoms with Gasteiger partial charge in [0.05, 0.1) is 16.4 Å². The first-order valence-electron chi connectivity index (χ1n) is 11.2. The van der Waals surface area contributed by atoms with Crippen LogP contribution in [0, 0.1) is 12.3 Å². The van der Waals surface area contributed by atoms with Gasteiger partial charge in [-0.25, -0.2) is 15.8 Å². The van der Waals surface area contributed by atoms with Crippen LogP contribution < -0.4 is 26.2 Å². The number of nitrogens with one attached hydrogen (secondary N) is 2. The summed E-state index contributed by atoms with van der Waals surface area (Å²) in [6, 6.07) is 14.4. The standard InChI is InChI=1S/C26H27BrN6O3/c1-4-12-36-25-22(27)16-29-26(32-25)31-20-13-19(24(35)30-17(2)3)14-21(15-20)33(28)23(34)11-10-18-8-6-5-7-9-18/h1,5-9,13-17H,10-12,28H2,2-3H3,(H,30,35)(H,29,31,32). The Morgan fingerprint density at radius 1 is 1.22 bits per heavy atom. The largest absolute Gasteiger partial charge is 0.464 e. The van der Waals surface area contributed by atoms with E-state index in [2.05, 4.69) is 42.5 Å². The van der Waals surface area contributed by atoms with Crippen molar-refractivity contribution in [1.29, 1.82) is 0 Å². The number of amides is 2. The molecule has 0 aliphatic carbocycles. The maximum absolute atomic E-state index is 12.8. The van der Waals surface area contributed by atoms with Crippen molar-refractivity contribution in [3.05, 3.63) is 70.3 Å². The van der Waals surface area contributed by atoms with Crippen LogP contribution in [0.5, 0.6) is 5.88 Å². The van der Waals surface area contributed by atoms with E-state index >= 15 is 0 Å². The molecular weight excluding hydrogens is 524 g/mol. The summed E-state index contributed by atoms with van der Waals surface area (Å²) >= 11 is 3.32. The van der Waals surface area contributed by atoms with Gasteiger partial charge < -0.3 is 15.4 Å². The Bertz CT molecular complexity index is 1260. The molecule has 0 saturated carbocycles. The van der Waals surface area contributed by atoms with Crippen molar-refractivity contribution in [3.63, 3.8) is 0 Å². The summed E-state index contributed by atoms with van der Waals surface area (Å²) in [4.78, 5) is 34.1. The minimum absolute atomic E-state index is 0.0390. The quantitative estimate of drug-likeness (QED) is 0.151. The number of terminal acetylenes is 1. The van der Waals surface area contributed by atoms with Crippen molar-refractivity contribution in [2.45, 2.75) is 32.7 Å². The van der Waals surface area contributed by atoms with Gasteiger partial charge in [-0.3, -0.25) is 9.59 Å². The van der Waals surface area contributed by atoms with Crippen molar-refractivity contribution in [3.8, 4) is 18.2 Å². The molecule has 2 amide bonds. The number of hydrogen-bond acceptors (Lipinski definition) is 7. The summed E-state index contributed by atoms with van der Waals surface area (Å²) in [6.45, 7) is 3.75. The summed E-state index contributed by atoms with van der Waals surface area (Å²) in [7, 11) is 0. The van der Waals surface area contributed by atoms with Crippen LogP contribution in [0.25, 0.3) is 0 Å². The average Bonchev–Trinajstić information content (AvgIpc) is 2.87. The zero-order chi connectivity index (χ0) is 26.1. The van der Waals surface area contributed by atoms with Crippen molar-refractivity contribution in [2.75, 3.05) is 16.9 Å². The monoisotopic (exact) mass is 550 g/mol. The highest BCUT2D eigenvalue weighted by Gasteiger charge is 2.17. The fraction of sp³-hybridized carbons (Fsp3) is 0.231. The molecule has 0 saturated heterocycles. The lowest BCUT2D eigenvalue weighted by Gasteiger charge is -2.20. The van der Waals surface area contributed by atoms with Crippen LogP contribution in [0.2, 0.25) is 0 Å². The predicted octanol–water partition coefficient (Wildman–Crippen LogP) is 3.97. The lowest BCUT2D eigenvalue weighted by Crippen LogP contribution is -2.38. The third-order valence-electron chi connectivity index (χ3n) is 4.88. The van der Waals surface area contributed by atoms with Gasteiger partial charge in [0.25, 0.3) is 5.91 Å². The first kappa shape index (κ1) is 26.7. The first-order chi connectivity index (χ1) is 17.3. The fourth-order valence-electron chi connectivity index (χ4n) is 3.21. The van der Waals surface area contributed by atoms with Crippen LogP contribution in [-0.2, 0) is 11.2 Å². The van der Waals surface area contributed by atoms with Crippen molar-refractivity contribution >= 4 is 45.1 Å². The van der Waals surface area contributed by atoms with E-state index < -0.39 is 0 Å². The van der Waals surface area contributed by atoms with Gasteiger partial charge in [-0.2, -0.15) is 4.98 Å². The number of benzene rings is 2. The SMILES string of the molecule is C#CCOc1nc(Nc2cc(C(=O)NC(C)C)cc(N(N)C(=O)CCc3ccccc3)c2)ncc1Br. The Labute approximate surface area is 218 Å². The molecule has 36 heavy (non-hydrogen) atoms. The first-order valence-corrected chi connectivity index (χ1v) is 12.0. The van der Waals surface area contributed by atoms with Gasteiger partial charge in [0.15, 0.2) is 6.61 Å². The molecule has 0 spiro atoms. The second kappa shape index (κ2) is 12.7. The third-order valence-corrected chi connectivity index (χ3v) is 5.42. The molecule has 4 N–H and O–H groups in total. The number of aryl methyl sites for hydroxylation is 1. The van der Waals surface area contributed by atoms with E-state index in [1.807, 2.05) is 44.2 Å². The highest BCUT2D eigenvalue weighted by atomic mass is 79.9. The van der Waals surface area contributed by atoms with Crippen LogP contribution in [0.4, 0.5) is 17.3 Å². The van der Waals surface area contributed by atoms with Gasteiger partial charge in [0.1, 0.15) is 0 Å². The van der Waals surface area contributed by atoms with Gasteiger partial charge in [-0.15, -0.1) is 6.42 Å². The molecule has 0 unspecified atom stereocenters. The van der Waals surface area contributed by atoms with E-state index in [1.165, 1.54) is 6.20 Å². The molecule has 3 rings (SSSR count). The van der Waals surface area contributed by atoms with Gasteiger partial charge in [-0.05, 0) is 60.0 Å². The van der Waals surface area contributed by atoms with Crippen LogP contribution >= 0.6 is 15.9 Å². The topological polar surface area (TPSA) is 122 Å². The Morgan fingerprint density at radius 3 is 2.67 bits per heavy atom. The van der Waals surface area contributed by atoms with E-state index in [4.69, 9.17) is 17.0 Å². The summed E-state index contributed by atoms with van der Waals surface area (Å²) in [6.07, 6.45) is 7.52. The highest BCUT2D eigenvalue weighted by Crippen LogP contribution is 2.27. The second-order valence-electron chi connectivity index (χ2n) is 8.11. The minimum Gasteiger partial charge on any atom is -0.464 e. The average molecular weight is 551 g/mol. The van der Waals surface area contributed by atoms with Gasteiger partial charge in [-0.1, -0.05) is 36.3 Å². The van der Waals surface area contributed by atoms with Crippen LogP contribution in [0.15, 0.2) is 59.2 Å². The maximum atomic E-state index is 12.8. The Hall–Kier alpha value is -3.94. The zero-order valence-corrected chi connectivity index (χ0v) is 21.6. The summed E-state index contributed by atoms with van der Waals surface area (Å²) in [5.74, 6) is 8.42. The molecule has 0 aliphatic heterocycles. The molecule has 10 heteroatoms. The summed E-state index contributed by atoms with van der Waals surface area (Å²) < 4.78 is 5.95. The number of anilines is 3. The number of rotatable bonds is 10. The van der Waals surface area contributed by atoms with E-state index in [9.17, 15) is 9.59 Å². The molecule has 1 heterocycles. The molecule has 0 bridgehead atoms. The van der Waals surface area contributed by atoms with Gasteiger partial charge >= 0.3 is 0 Å². The highest BCUT2D eigenvalue weighted by molar-refractivity contribution is 9.10.